The highest BCUT2D eigenvalue weighted by Gasteiger charge is 2.19. The minimum absolute atomic E-state index is 0.107. The Bertz CT molecular complexity index is 365. The van der Waals surface area contributed by atoms with E-state index in [1.54, 1.807) is 6.20 Å². The number of aromatic nitrogens is 1. The number of amides is 1. The largest absolute Gasteiger partial charge is 0.444 e. The minimum Gasteiger partial charge on any atom is -0.444 e. The van der Waals surface area contributed by atoms with Gasteiger partial charge in [0.15, 0.2) is 0 Å². The molecule has 2 rings (SSSR count). The molecule has 16 heavy (non-hydrogen) atoms. The summed E-state index contributed by atoms with van der Waals surface area (Å²) in [6.07, 6.45) is 1.97. The van der Waals surface area contributed by atoms with Crippen LogP contribution < -0.4 is 5.32 Å². The molecule has 1 unspecified atom stereocenters. The third-order valence-corrected chi connectivity index (χ3v) is 3.89. The average molecular weight is 307 g/mol. The second kappa shape index (κ2) is 5.60. The zero-order valence-electron chi connectivity index (χ0n) is 8.44. The van der Waals surface area contributed by atoms with Gasteiger partial charge in [-0.3, -0.25) is 0 Å². The highest BCUT2D eigenvalue weighted by molar-refractivity contribution is 9.10. The summed E-state index contributed by atoms with van der Waals surface area (Å²) in [5, 5.41) is 2.68. The Kier molecular flexibility index (Phi) is 4.14. The van der Waals surface area contributed by atoms with Gasteiger partial charge in [-0.15, -0.1) is 0 Å². The summed E-state index contributed by atoms with van der Waals surface area (Å²) in [6, 6.07) is 0. The van der Waals surface area contributed by atoms with Crippen molar-refractivity contribution in [3.8, 4) is 0 Å². The first-order valence-electron chi connectivity index (χ1n) is 4.87. The molecule has 7 heteroatoms. The molecule has 88 valence electrons. The van der Waals surface area contributed by atoms with E-state index < -0.39 is 6.09 Å². The molecule has 1 aliphatic rings. The van der Waals surface area contributed by atoms with E-state index in [1.807, 2.05) is 0 Å². The fourth-order valence-corrected chi connectivity index (χ4v) is 2.48. The van der Waals surface area contributed by atoms with Gasteiger partial charge in [0.1, 0.15) is 6.10 Å². The molecule has 1 N–H and O–H groups in total. The first-order chi connectivity index (χ1) is 7.75. The summed E-state index contributed by atoms with van der Waals surface area (Å²) in [6.45, 7) is 1.59. The number of hydrogen-bond donors (Lipinski definition) is 1. The Morgan fingerprint density at radius 1 is 1.81 bits per heavy atom. The minimum atomic E-state index is -0.407. The van der Waals surface area contributed by atoms with Crippen molar-refractivity contribution in [3.05, 3.63) is 15.5 Å². The van der Waals surface area contributed by atoms with Gasteiger partial charge in [-0.1, -0.05) is 0 Å². The molecule has 1 aromatic rings. The molecule has 0 aromatic carbocycles. The van der Waals surface area contributed by atoms with E-state index in [0.29, 0.717) is 19.8 Å². The molecule has 1 atom stereocenters. The molecule has 1 saturated heterocycles. The third-order valence-electron chi connectivity index (χ3n) is 2.15. The summed E-state index contributed by atoms with van der Waals surface area (Å²) in [4.78, 5) is 12.4. The predicted octanol–water partition coefficient (Wildman–Crippen LogP) is 1.92. The van der Waals surface area contributed by atoms with Crippen molar-refractivity contribution >= 4 is 33.6 Å². The van der Waals surface area contributed by atoms with Crippen LogP contribution in [0, 0.1) is 0 Å². The highest BCUT2D eigenvalue weighted by atomic mass is 79.9. The van der Waals surface area contributed by atoms with Crippen molar-refractivity contribution in [1.29, 1.82) is 0 Å². The molecule has 0 saturated carbocycles. The summed E-state index contributed by atoms with van der Waals surface area (Å²) >= 11 is 4.68. The molecular weight excluding hydrogens is 296 g/mol. The Hall–Kier alpha value is -0.660. The van der Waals surface area contributed by atoms with Gasteiger partial charge < -0.3 is 14.8 Å². The molecule has 0 aliphatic carbocycles. The summed E-state index contributed by atoms with van der Waals surface area (Å²) < 4.78 is 15.1. The van der Waals surface area contributed by atoms with E-state index in [-0.39, 0.29) is 6.10 Å². The van der Waals surface area contributed by atoms with Gasteiger partial charge in [0.05, 0.1) is 35.3 Å². The first-order valence-corrected chi connectivity index (χ1v) is 6.43. The number of ether oxygens (including phenoxy) is 2. The number of carbonyl (C=O) groups excluding carboxylic acids is 1. The van der Waals surface area contributed by atoms with Crippen LogP contribution >= 0.6 is 27.5 Å². The number of rotatable bonds is 3. The van der Waals surface area contributed by atoms with Gasteiger partial charge in [0, 0.05) is 6.42 Å². The summed E-state index contributed by atoms with van der Waals surface area (Å²) in [5.74, 6) is 0. The molecule has 1 fully saturated rings. The smallest absolute Gasteiger partial charge is 0.407 e. The predicted molar refractivity (Wildman–Crippen MR) is 62.4 cm³/mol. The van der Waals surface area contributed by atoms with Crippen molar-refractivity contribution in [2.75, 3.05) is 13.2 Å². The molecule has 1 aliphatic heterocycles. The van der Waals surface area contributed by atoms with Crippen molar-refractivity contribution in [3.63, 3.8) is 0 Å². The second-order valence-corrected chi connectivity index (χ2v) is 5.08. The van der Waals surface area contributed by atoms with Gasteiger partial charge in [-0.05, 0) is 27.5 Å². The van der Waals surface area contributed by atoms with Crippen LogP contribution in [0.15, 0.2) is 10.7 Å². The van der Waals surface area contributed by atoms with E-state index in [4.69, 9.17) is 9.47 Å². The number of nitrogens with one attached hydrogen (secondary N) is 1. The Morgan fingerprint density at radius 2 is 2.69 bits per heavy atom. The van der Waals surface area contributed by atoms with E-state index >= 15 is 0 Å². The van der Waals surface area contributed by atoms with E-state index in [1.165, 1.54) is 11.5 Å². The van der Waals surface area contributed by atoms with E-state index in [2.05, 4.69) is 25.6 Å². The zero-order valence-corrected chi connectivity index (χ0v) is 10.8. The van der Waals surface area contributed by atoms with Crippen LogP contribution in [0.1, 0.15) is 11.3 Å². The SMILES string of the molecule is O=C(NCc1sncc1Br)OC1CCOC1. The molecular formula is C9H11BrN2O3S. The Balaban J connectivity index is 1.73. The van der Waals surface area contributed by atoms with Crippen LogP contribution in [-0.2, 0) is 16.0 Å². The normalized spacial score (nSPS) is 19.7. The van der Waals surface area contributed by atoms with Crippen LogP contribution in [0.2, 0.25) is 0 Å². The van der Waals surface area contributed by atoms with E-state index in [0.717, 1.165) is 15.8 Å². The zero-order chi connectivity index (χ0) is 11.4. The number of carbonyl (C=O) groups is 1. The maximum absolute atomic E-state index is 11.4. The van der Waals surface area contributed by atoms with Crippen molar-refractivity contribution in [1.82, 2.24) is 9.69 Å². The monoisotopic (exact) mass is 306 g/mol. The van der Waals surface area contributed by atoms with Crippen LogP contribution in [0.4, 0.5) is 4.79 Å². The van der Waals surface area contributed by atoms with Crippen LogP contribution in [0.5, 0.6) is 0 Å². The second-order valence-electron chi connectivity index (χ2n) is 3.34. The molecule has 0 radical (unpaired) electrons. The van der Waals surface area contributed by atoms with Crippen molar-refractivity contribution in [2.24, 2.45) is 0 Å². The van der Waals surface area contributed by atoms with Crippen molar-refractivity contribution < 1.29 is 14.3 Å². The lowest BCUT2D eigenvalue weighted by atomic mass is 10.3. The van der Waals surface area contributed by atoms with Crippen LogP contribution in [0.25, 0.3) is 0 Å². The molecule has 0 bridgehead atoms. The topological polar surface area (TPSA) is 60.5 Å². The lowest BCUT2D eigenvalue weighted by molar-refractivity contribution is 0.0829. The maximum Gasteiger partial charge on any atom is 0.407 e. The van der Waals surface area contributed by atoms with Gasteiger partial charge in [0.2, 0.25) is 0 Å². The van der Waals surface area contributed by atoms with Crippen LogP contribution in [-0.4, -0.2) is 29.8 Å². The Morgan fingerprint density at radius 3 is 3.31 bits per heavy atom. The van der Waals surface area contributed by atoms with Gasteiger partial charge in [0.25, 0.3) is 0 Å². The summed E-state index contributed by atoms with van der Waals surface area (Å²) in [5.41, 5.74) is 0. The molecule has 0 spiro atoms. The van der Waals surface area contributed by atoms with Gasteiger partial charge in [-0.2, -0.15) is 4.37 Å². The third kappa shape index (κ3) is 3.16. The quantitative estimate of drug-likeness (QED) is 0.927. The number of halogens is 1. The molecule has 1 aromatic heterocycles. The van der Waals surface area contributed by atoms with Crippen LogP contribution in [0.3, 0.4) is 0 Å². The lowest BCUT2D eigenvalue weighted by Gasteiger charge is -2.10. The summed E-state index contributed by atoms with van der Waals surface area (Å²) in [7, 11) is 0. The molecule has 1 amide bonds. The maximum atomic E-state index is 11.4. The molecule has 5 nitrogen and oxygen atoms in total. The average Bonchev–Trinajstić information content (AvgIpc) is 2.87. The van der Waals surface area contributed by atoms with Crippen molar-refractivity contribution in [2.45, 2.75) is 19.1 Å². The molecule has 2 heterocycles. The first kappa shape index (κ1) is 11.8. The Labute approximate surface area is 105 Å². The standard InChI is InChI=1S/C9H11BrN2O3S/c10-7-3-12-16-8(7)4-11-9(13)15-6-1-2-14-5-6/h3,6H,1-2,4-5H2,(H,11,13). The number of alkyl carbamates (subject to hydrolysis) is 1. The van der Waals surface area contributed by atoms with Gasteiger partial charge in [-0.25, -0.2) is 4.79 Å². The fourth-order valence-electron chi connectivity index (χ4n) is 1.32. The van der Waals surface area contributed by atoms with E-state index in [9.17, 15) is 4.79 Å². The lowest BCUT2D eigenvalue weighted by Crippen LogP contribution is -2.28. The highest BCUT2D eigenvalue weighted by Crippen LogP contribution is 2.19. The fraction of sp³-hybridized carbons (Fsp3) is 0.556. The number of nitrogens with zero attached hydrogens (tertiary/aromatic N) is 1. The number of hydrogen-bond acceptors (Lipinski definition) is 5. The van der Waals surface area contributed by atoms with Gasteiger partial charge >= 0.3 is 6.09 Å².